The highest BCUT2D eigenvalue weighted by molar-refractivity contribution is 5.06. The molecule has 2 nitrogen and oxygen atoms in total. The summed E-state index contributed by atoms with van der Waals surface area (Å²) >= 11 is 0. The average Bonchev–Trinajstić information content (AvgIpc) is 2.89. The fourth-order valence-corrected chi connectivity index (χ4v) is 1.80. The first kappa shape index (κ1) is 9.78. The highest BCUT2D eigenvalue weighted by Crippen LogP contribution is 2.27. The molecular formula is C12H20N2. The van der Waals surface area contributed by atoms with Crippen molar-refractivity contribution in [3.05, 3.63) is 24.0 Å². The first-order chi connectivity index (χ1) is 6.90. The van der Waals surface area contributed by atoms with Crippen molar-refractivity contribution in [2.45, 2.75) is 39.3 Å². The molecule has 0 radical (unpaired) electrons. The standard InChI is InChI=1S/C12H20N2/c1-2-7-14-8-3-4-12(14)10-13-9-11-5-6-11/h3-4,8,11,13H,2,5-7,9-10H2,1H3. The van der Waals surface area contributed by atoms with Gasteiger partial charge in [-0.15, -0.1) is 0 Å². The summed E-state index contributed by atoms with van der Waals surface area (Å²) in [7, 11) is 0. The number of nitrogens with one attached hydrogen (secondary N) is 1. The number of nitrogens with zero attached hydrogens (tertiary/aromatic N) is 1. The van der Waals surface area contributed by atoms with Crippen LogP contribution in [-0.2, 0) is 13.1 Å². The molecule has 0 unspecified atom stereocenters. The highest BCUT2D eigenvalue weighted by Gasteiger charge is 2.20. The molecule has 1 aromatic heterocycles. The van der Waals surface area contributed by atoms with Gasteiger partial charge < -0.3 is 9.88 Å². The maximum atomic E-state index is 3.53. The van der Waals surface area contributed by atoms with Gasteiger partial charge in [-0.3, -0.25) is 0 Å². The molecular weight excluding hydrogens is 172 g/mol. The molecule has 0 bridgehead atoms. The van der Waals surface area contributed by atoms with Gasteiger partial charge in [-0.1, -0.05) is 6.92 Å². The Kier molecular flexibility index (Phi) is 3.25. The van der Waals surface area contributed by atoms with Crippen LogP contribution in [0.5, 0.6) is 0 Å². The number of rotatable bonds is 6. The molecule has 2 rings (SSSR count). The molecule has 1 saturated carbocycles. The van der Waals surface area contributed by atoms with Gasteiger partial charge in [0.1, 0.15) is 0 Å². The van der Waals surface area contributed by atoms with Crippen LogP contribution in [0, 0.1) is 5.92 Å². The van der Waals surface area contributed by atoms with Crippen molar-refractivity contribution < 1.29 is 0 Å². The topological polar surface area (TPSA) is 17.0 Å². The Morgan fingerprint density at radius 3 is 3.07 bits per heavy atom. The van der Waals surface area contributed by atoms with Crippen LogP contribution in [0.3, 0.4) is 0 Å². The summed E-state index contributed by atoms with van der Waals surface area (Å²) in [5.74, 6) is 0.976. The van der Waals surface area contributed by atoms with Gasteiger partial charge in [0.05, 0.1) is 0 Å². The Bertz CT molecular complexity index is 274. The normalized spacial score (nSPS) is 16.1. The zero-order chi connectivity index (χ0) is 9.80. The number of hydrogen-bond donors (Lipinski definition) is 1. The van der Waals surface area contributed by atoms with Gasteiger partial charge in [0.25, 0.3) is 0 Å². The molecule has 78 valence electrons. The Morgan fingerprint density at radius 1 is 1.50 bits per heavy atom. The van der Waals surface area contributed by atoms with Crippen molar-refractivity contribution in [1.82, 2.24) is 9.88 Å². The molecule has 2 heteroatoms. The molecule has 0 aromatic carbocycles. The second kappa shape index (κ2) is 4.65. The van der Waals surface area contributed by atoms with Crippen LogP contribution in [0.15, 0.2) is 18.3 Å². The molecule has 1 aliphatic rings. The van der Waals surface area contributed by atoms with Crippen LogP contribution >= 0.6 is 0 Å². The molecule has 0 amide bonds. The average molecular weight is 192 g/mol. The van der Waals surface area contributed by atoms with Gasteiger partial charge in [-0.2, -0.15) is 0 Å². The van der Waals surface area contributed by atoms with Crippen molar-refractivity contribution in [2.75, 3.05) is 6.54 Å². The molecule has 0 saturated heterocycles. The van der Waals surface area contributed by atoms with Gasteiger partial charge in [-0.25, -0.2) is 0 Å². The molecule has 0 aliphatic heterocycles. The minimum absolute atomic E-state index is 0.976. The fraction of sp³-hybridized carbons (Fsp3) is 0.667. The Balaban J connectivity index is 1.78. The molecule has 0 atom stereocenters. The Morgan fingerprint density at radius 2 is 2.36 bits per heavy atom. The highest BCUT2D eigenvalue weighted by atomic mass is 15.0. The van der Waals surface area contributed by atoms with E-state index < -0.39 is 0 Å². The van der Waals surface area contributed by atoms with E-state index in [1.54, 1.807) is 0 Å². The van der Waals surface area contributed by atoms with Crippen LogP contribution in [0.1, 0.15) is 31.9 Å². The predicted octanol–water partition coefficient (Wildman–Crippen LogP) is 2.40. The number of hydrogen-bond acceptors (Lipinski definition) is 1. The van der Waals surface area contributed by atoms with Gasteiger partial charge in [0, 0.05) is 25.0 Å². The zero-order valence-corrected chi connectivity index (χ0v) is 9.00. The Labute approximate surface area is 86.3 Å². The van der Waals surface area contributed by atoms with E-state index in [1.807, 2.05) is 0 Å². The summed E-state index contributed by atoms with van der Waals surface area (Å²) in [5, 5.41) is 3.53. The summed E-state index contributed by atoms with van der Waals surface area (Å²) in [6.07, 6.45) is 6.26. The molecule has 1 aliphatic carbocycles. The van der Waals surface area contributed by atoms with Crippen molar-refractivity contribution in [3.8, 4) is 0 Å². The van der Waals surface area contributed by atoms with Crippen molar-refractivity contribution in [1.29, 1.82) is 0 Å². The minimum atomic E-state index is 0.976. The van der Waals surface area contributed by atoms with Crippen LogP contribution < -0.4 is 5.32 Å². The fourth-order valence-electron chi connectivity index (χ4n) is 1.80. The first-order valence-electron chi connectivity index (χ1n) is 5.75. The lowest BCUT2D eigenvalue weighted by molar-refractivity contribution is 0.584. The summed E-state index contributed by atoms with van der Waals surface area (Å²) in [6.45, 7) is 5.61. The van der Waals surface area contributed by atoms with E-state index in [0.717, 1.165) is 19.0 Å². The van der Waals surface area contributed by atoms with Crippen LogP contribution in [0.4, 0.5) is 0 Å². The lowest BCUT2D eigenvalue weighted by Gasteiger charge is -2.08. The monoisotopic (exact) mass is 192 g/mol. The molecule has 1 fully saturated rings. The van der Waals surface area contributed by atoms with Crippen LogP contribution in [0.25, 0.3) is 0 Å². The van der Waals surface area contributed by atoms with E-state index in [1.165, 1.54) is 31.5 Å². The third kappa shape index (κ3) is 2.61. The lowest BCUT2D eigenvalue weighted by Crippen LogP contribution is -2.18. The summed E-state index contributed by atoms with van der Waals surface area (Å²) in [6, 6.07) is 4.36. The SMILES string of the molecule is CCCn1cccc1CNCC1CC1. The molecule has 1 aromatic rings. The quantitative estimate of drug-likeness (QED) is 0.732. The molecule has 0 spiro atoms. The maximum absolute atomic E-state index is 3.53. The zero-order valence-electron chi connectivity index (χ0n) is 9.00. The summed E-state index contributed by atoms with van der Waals surface area (Å²) in [5.41, 5.74) is 1.42. The van der Waals surface area contributed by atoms with E-state index in [0.29, 0.717) is 0 Å². The Hall–Kier alpha value is -0.760. The lowest BCUT2D eigenvalue weighted by atomic mass is 10.3. The van der Waals surface area contributed by atoms with Crippen molar-refractivity contribution in [3.63, 3.8) is 0 Å². The molecule has 14 heavy (non-hydrogen) atoms. The number of aromatic nitrogens is 1. The number of aryl methyl sites for hydroxylation is 1. The largest absolute Gasteiger partial charge is 0.350 e. The van der Waals surface area contributed by atoms with E-state index >= 15 is 0 Å². The predicted molar refractivity (Wildman–Crippen MR) is 59.2 cm³/mol. The van der Waals surface area contributed by atoms with Crippen molar-refractivity contribution in [2.24, 2.45) is 5.92 Å². The van der Waals surface area contributed by atoms with E-state index in [9.17, 15) is 0 Å². The first-order valence-corrected chi connectivity index (χ1v) is 5.75. The summed E-state index contributed by atoms with van der Waals surface area (Å²) in [4.78, 5) is 0. The van der Waals surface area contributed by atoms with Gasteiger partial charge in [0.15, 0.2) is 0 Å². The second-order valence-electron chi connectivity index (χ2n) is 4.27. The molecule has 1 heterocycles. The van der Waals surface area contributed by atoms with Crippen LogP contribution in [0.2, 0.25) is 0 Å². The van der Waals surface area contributed by atoms with E-state index in [2.05, 4.69) is 35.1 Å². The maximum Gasteiger partial charge on any atom is 0.0359 e. The molecule has 1 N–H and O–H groups in total. The second-order valence-corrected chi connectivity index (χ2v) is 4.27. The van der Waals surface area contributed by atoms with Gasteiger partial charge >= 0.3 is 0 Å². The van der Waals surface area contributed by atoms with E-state index in [4.69, 9.17) is 0 Å². The smallest absolute Gasteiger partial charge is 0.0359 e. The van der Waals surface area contributed by atoms with E-state index in [-0.39, 0.29) is 0 Å². The van der Waals surface area contributed by atoms with Gasteiger partial charge in [0.2, 0.25) is 0 Å². The van der Waals surface area contributed by atoms with Crippen molar-refractivity contribution >= 4 is 0 Å². The minimum Gasteiger partial charge on any atom is -0.350 e. The summed E-state index contributed by atoms with van der Waals surface area (Å²) < 4.78 is 2.35. The third-order valence-corrected chi connectivity index (χ3v) is 2.82. The van der Waals surface area contributed by atoms with Gasteiger partial charge in [-0.05, 0) is 43.9 Å². The van der Waals surface area contributed by atoms with Crippen LogP contribution in [-0.4, -0.2) is 11.1 Å². The third-order valence-electron chi connectivity index (χ3n) is 2.82.